The largest absolute Gasteiger partial charge is 0.460 e. The van der Waals surface area contributed by atoms with Crippen LogP contribution >= 0.6 is 0 Å². The highest BCUT2D eigenvalue weighted by molar-refractivity contribution is 5.92. The fraction of sp³-hybridized carbons (Fsp3) is 0.533. The van der Waals surface area contributed by atoms with Crippen LogP contribution in [0.3, 0.4) is 0 Å². The summed E-state index contributed by atoms with van der Waals surface area (Å²) in [5.74, 6) is 0.0965. The average Bonchev–Trinajstić information content (AvgIpc) is 2.37. The minimum atomic E-state index is -0.379. The monoisotopic (exact) mass is 280 g/mol. The van der Waals surface area contributed by atoms with E-state index in [0.29, 0.717) is 30.4 Å². The number of nitrogens with two attached hydrogens (primary N) is 1. The third-order valence-electron chi connectivity index (χ3n) is 2.66. The number of nitrogen functional groups attached to an aromatic ring is 1. The summed E-state index contributed by atoms with van der Waals surface area (Å²) >= 11 is 0. The third-order valence-corrected chi connectivity index (χ3v) is 2.66. The van der Waals surface area contributed by atoms with Crippen LogP contribution in [0.4, 0.5) is 11.4 Å². The van der Waals surface area contributed by atoms with Crippen molar-refractivity contribution in [2.75, 3.05) is 44.5 Å². The zero-order valence-corrected chi connectivity index (χ0v) is 12.7. The molecule has 1 rings (SSSR count). The SMILES string of the molecule is CC(C)COCCOC(=O)c1ccc(N(C)C)c(N)c1. The Morgan fingerprint density at radius 3 is 2.55 bits per heavy atom. The summed E-state index contributed by atoms with van der Waals surface area (Å²) < 4.78 is 10.5. The first-order chi connectivity index (χ1) is 9.41. The molecule has 0 bridgehead atoms. The fourth-order valence-corrected chi connectivity index (χ4v) is 1.68. The molecule has 0 aromatic heterocycles. The van der Waals surface area contributed by atoms with Crippen LogP contribution in [0.1, 0.15) is 24.2 Å². The van der Waals surface area contributed by atoms with Crippen LogP contribution < -0.4 is 10.6 Å². The molecular weight excluding hydrogens is 256 g/mol. The number of nitrogens with zero attached hydrogens (tertiary/aromatic N) is 1. The van der Waals surface area contributed by atoms with Gasteiger partial charge in [-0.25, -0.2) is 4.79 Å². The van der Waals surface area contributed by atoms with E-state index in [2.05, 4.69) is 13.8 Å². The zero-order valence-electron chi connectivity index (χ0n) is 12.7. The van der Waals surface area contributed by atoms with Gasteiger partial charge >= 0.3 is 5.97 Å². The quantitative estimate of drug-likeness (QED) is 0.471. The van der Waals surface area contributed by atoms with E-state index in [9.17, 15) is 4.79 Å². The van der Waals surface area contributed by atoms with Gasteiger partial charge < -0.3 is 20.1 Å². The number of rotatable bonds is 7. The third kappa shape index (κ3) is 5.09. The summed E-state index contributed by atoms with van der Waals surface area (Å²) in [4.78, 5) is 13.7. The van der Waals surface area contributed by atoms with Gasteiger partial charge in [-0.15, -0.1) is 0 Å². The van der Waals surface area contributed by atoms with Crippen molar-refractivity contribution in [1.82, 2.24) is 0 Å². The summed E-state index contributed by atoms with van der Waals surface area (Å²) in [6.45, 7) is 5.47. The minimum Gasteiger partial charge on any atom is -0.460 e. The van der Waals surface area contributed by atoms with Crippen molar-refractivity contribution in [1.29, 1.82) is 0 Å². The van der Waals surface area contributed by atoms with E-state index >= 15 is 0 Å². The van der Waals surface area contributed by atoms with Crippen molar-refractivity contribution in [2.45, 2.75) is 13.8 Å². The molecule has 2 N–H and O–H groups in total. The van der Waals surface area contributed by atoms with E-state index in [-0.39, 0.29) is 12.6 Å². The van der Waals surface area contributed by atoms with Crippen LogP contribution in [0, 0.1) is 5.92 Å². The Labute approximate surface area is 120 Å². The van der Waals surface area contributed by atoms with E-state index in [1.165, 1.54) is 0 Å². The topological polar surface area (TPSA) is 64.8 Å². The van der Waals surface area contributed by atoms with Crippen molar-refractivity contribution in [3.8, 4) is 0 Å². The van der Waals surface area contributed by atoms with Gasteiger partial charge in [-0.2, -0.15) is 0 Å². The van der Waals surface area contributed by atoms with Crippen LogP contribution in [-0.2, 0) is 9.47 Å². The second-order valence-corrected chi connectivity index (χ2v) is 5.27. The normalized spacial score (nSPS) is 10.7. The summed E-state index contributed by atoms with van der Waals surface area (Å²) in [6.07, 6.45) is 0. The first-order valence-corrected chi connectivity index (χ1v) is 6.73. The highest BCUT2D eigenvalue weighted by atomic mass is 16.6. The number of ether oxygens (including phenoxy) is 2. The molecule has 5 heteroatoms. The standard InChI is InChI=1S/C15H24N2O3/c1-11(2)10-19-7-8-20-15(18)12-5-6-14(17(3)4)13(16)9-12/h5-6,9,11H,7-8,10,16H2,1-4H3. The highest BCUT2D eigenvalue weighted by Crippen LogP contribution is 2.22. The van der Waals surface area contributed by atoms with Gasteiger partial charge in [0.15, 0.2) is 0 Å². The molecule has 0 aliphatic heterocycles. The van der Waals surface area contributed by atoms with Crippen LogP contribution in [0.2, 0.25) is 0 Å². The molecule has 0 atom stereocenters. The van der Waals surface area contributed by atoms with Gasteiger partial charge in [0.25, 0.3) is 0 Å². The van der Waals surface area contributed by atoms with E-state index in [4.69, 9.17) is 15.2 Å². The summed E-state index contributed by atoms with van der Waals surface area (Å²) in [5, 5.41) is 0. The molecule has 1 aromatic rings. The Hall–Kier alpha value is -1.75. The molecule has 0 aliphatic carbocycles. The van der Waals surface area contributed by atoms with Crippen molar-refractivity contribution < 1.29 is 14.3 Å². The van der Waals surface area contributed by atoms with Gasteiger partial charge in [-0.3, -0.25) is 0 Å². The Morgan fingerprint density at radius 1 is 1.30 bits per heavy atom. The molecule has 0 heterocycles. The minimum absolute atomic E-state index is 0.251. The second-order valence-electron chi connectivity index (χ2n) is 5.27. The molecule has 0 unspecified atom stereocenters. The Balaban J connectivity index is 2.46. The molecule has 5 nitrogen and oxygen atoms in total. The summed E-state index contributed by atoms with van der Waals surface area (Å²) in [5.41, 5.74) is 7.78. The molecular formula is C15H24N2O3. The average molecular weight is 280 g/mol. The van der Waals surface area contributed by atoms with E-state index in [1.54, 1.807) is 18.2 Å². The van der Waals surface area contributed by atoms with Crippen molar-refractivity contribution in [3.05, 3.63) is 23.8 Å². The van der Waals surface area contributed by atoms with Crippen LogP contribution in [0.5, 0.6) is 0 Å². The summed E-state index contributed by atoms with van der Waals surface area (Å²) in [7, 11) is 3.80. The number of benzene rings is 1. The van der Waals surface area contributed by atoms with Crippen LogP contribution in [0.15, 0.2) is 18.2 Å². The number of carbonyl (C=O) groups is 1. The maximum Gasteiger partial charge on any atom is 0.338 e. The van der Waals surface area contributed by atoms with Gasteiger partial charge in [-0.1, -0.05) is 13.8 Å². The lowest BCUT2D eigenvalue weighted by atomic mass is 10.1. The molecule has 1 aromatic carbocycles. The first kappa shape index (κ1) is 16.3. The number of hydrogen-bond donors (Lipinski definition) is 1. The van der Waals surface area contributed by atoms with E-state index in [0.717, 1.165) is 5.69 Å². The van der Waals surface area contributed by atoms with Gasteiger partial charge in [0.05, 0.1) is 23.5 Å². The molecule has 0 aliphatic rings. The lowest BCUT2D eigenvalue weighted by Crippen LogP contribution is -2.14. The van der Waals surface area contributed by atoms with Crippen molar-refractivity contribution >= 4 is 17.3 Å². The maximum atomic E-state index is 11.8. The van der Waals surface area contributed by atoms with E-state index < -0.39 is 0 Å². The smallest absolute Gasteiger partial charge is 0.338 e. The Morgan fingerprint density at radius 2 is 2.00 bits per heavy atom. The number of anilines is 2. The lowest BCUT2D eigenvalue weighted by Gasteiger charge is -2.15. The lowest BCUT2D eigenvalue weighted by molar-refractivity contribution is 0.0277. The van der Waals surface area contributed by atoms with Crippen molar-refractivity contribution in [3.63, 3.8) is 0 Å². The molecule has 0 saturated carbocycles. The predicted molar refractivity (Wildman–Crippen MR) is 81.1 cm³/mol. The fourth-order valence-electron chi connectivity index (χ4n) is 1.68. The van der Waals surface area contributed by atoms with Gasteiger partial charge in [0.2, 0.25) is 0 Å². The predicted octanol–water partition coefficient (Wildman–Crippen LogP) is 2.16. The number of hydrogen-bond acceptors (Lipinski definition) is 5. The Bertz CT molecular complexity index is 445. The molecule has 0 radical (unpaired) electrons. The zero-order chi connectivity index (χ0) is 15.1. The second kappa shape index (κ2) is 7.75. The van der Waals surface area contributed by atoms with Crippen LogP contribution in [0.25, 0.3) is 0 Å². The summed E-state index contributed by atoms with van der Waals surface area (Å²) in [6, 6.07) is 5.15. The molecule has 20 heavy (non-hydrogen) atoms. The molecule has 112 valence electrons. The van der Waals surface area contributed by atoms with Crippen LogP contribution in [-0.4, -0.2) is 39.9 Å². The van der Waals surface area contributed by atoms with Gasteiger partial charge in [-0.05, 0) is 24.1 Å². The molecule has 0 spiro atoms. The molecule has 0 saturated heterocycles. The van der Waals surface area contributed by atoms with Gasteiger partial charge in [0, 0.05) is 20.7 Å². The van der Waals surface area contributed by atoms with Crippen molar-refractivity contribution in [2.24, 2.45) is 5.92 Å². The molecule has 0 fully saturated rings. The highest BCUT2D eigenvalue weighted by Gasteiger charge is 2.10. The number of carbonyl (C=O) groups excluding carboxylic acids is 1. The first-order valence-electron chi connectivity index (χ1n) is 6.73. The molecule has 0 amide bonds. The van der Waals surface area contributed by atoms with E-state index in [1.807, 2.05) is 19.0 Å². The number of esters is 1. The Kier molecular flexibility index (Phi) is 6.31. The maximum absolute atomic E-state index is 11.8. The van der Waals surface area contributed by atoms with Gasteiger partial charge in [0.1, 0.15) is 6.61 Å².